The number of imidazole rings is 1. The lowest BCUT2D eigenvalue weighted by Gasteiger charge is -2.45. The molecule has 0 saturated carbocycles. The van der Waals surface area contributed by atoms with Gasteiger partial charge in [-0.2, -0.15) is 0 Å². The summed E-state index contributed by atoms with van der Waals surface area (Å²) in [7, 11) is -3.87. The minimum Gasteiger partial charge on any atom is -0.483 e. The molecular formula is C36H43N5O5S. The Morgan fingerprint density at radius 2 is 1.60 bits per heavy atom. The molecule has 3 atom stereocenters. The fourth-order valence-electron chi connectivity index (χ4n) is 8.39. The van der Waals surface area contributed by atoms with E-state index in [1.54, 1.807) is 12.1 Å². The Hall–Kier alpha value is -4.06. The highest BCUT2D eigenvalue weighted by Gasteiger charge is 2.44. The van der Waals surface area contributed by atoms with E-state index in [-0.39, 0.29) is 22.7 Å². The number of likely N-dealkylation sites (tertiary alicyclic amines) is 1. The first kappa shape index (κ1) is 32.9. The van der Waals surface area contributed by atoms with Crippen molar-refractivity contribution in [2.75, 3.05) is 19.6 Å². The number of rotatable bonds is 7. The van der Waals surface area contributed by atoms with Crippen molar-refractivity contribution in [2.45, 2.75) is 80.3 Å². The number of aryl methyl sites for hydroxylation is 1. The molecular weight excluding hydrogens is 614 g/mol. The molecule has 248 valence electrons. The second-order valence-electron chi connectivity index (χ2n) is 13.1. The molecule has 4 aromatic rings. The SMILES string of the molecule is Cc1nc2ccccc2n1C1C[C@H]2CC[C@@H](C1)N2CCC1(c2ccccc2)CCN(C(=O)c2cccc(S(N)(=O)=O)c2)CC1.O=CO. The van der Waals surface area contributed by atoms with Crippen LogP contribution < -0.4 is 5.14 Å². The van der Waals surface area contributed by atoms with Crippen LogP contribution in [-0.2, 0) is 20.2 Å². The van der Waals surface area contributed by atoms with Gasteiger partial charge in [-0.15, -0.1) is 0 Å². The summed E-state index contributed by atoms with van der Waals surface area (Å²) in [6.07, 6.45) is 7.65. The largest absolute Gasteiger partial charge is 0.483 e. The lowest BCUT2D eigenvalue weighted by atomic mass is 9.70. The second-order valence-corrected chi connectivity index (χ2v) is 14.7. The summed E-state index contributed by atoms with van der Waals surface area (Å²) in [5.41, 5.74) is 4.05. The summed E-state index contributed by atoms with van der Waals surface area (Å²) in [5.74, 6) is 0.976. The molecule has 1 aromatic heterocycles. The normalized spacial score (nSPS) is 22.4. The van der Waals surface area contributed by atoms with Crippen molar-refractivity contribution in [3.63, 3.8) is 0 Å². The van der Waals surface area contributed by atoms with E-state index in [0.29, 0.717) is 36.8 Å². The van der Waals surface area contributed by atoms with Crippen molar-refractivity contribution < 1.29 is 23.1 Å². The van der Waals surface area contributed by atoms with E-state index in [0.717, 1.165) is 50.0 Å². The third-order valence-electron chi connectivity index (χ3n) is 10.6. The standard InChI is InChI=1S/C35H41N5O3S.CH2O2/c1-25-37-32-12-5-6-13-33(32)40(25)30-23-28-14-15-29(24-30)39(28)21-18-35(27-9-3-2-4-10-27)16-19-38(20-17-35)34(41)26-8-7-11-31(22-26)44(36,42)43;2-1-3/h2-13,22,28-30H,14-21,23-24H2,1H3,(H2,36,42,43);1H,(H,2,3)/t28-,29+,30?;. The maximum atomic E-state index is 13.4. The van der Waals surface area contributed by atoms with Crippen LogP contribution in [0.2, 0.25) is 0 Å². The summed E-state index contributed by atoms with van der Waals surface area (Å²) in [5, 5.41) is 12.2. The minimum atomic E-state index is -3.87. The number of carbonyl (C=O) groups is 2. The number of nitrogens with zero attached hydrogens (tertiary/aromatic N) is 4. The highest BCUT2D eigenvalue weighted by atomic mass is 32.2. The van der Waals surface area contributed by atoms with Gasteiger partial charge in [-0.1, -0.05) is 48.5 Å². The van der Waals surface area contributed by atoms with Crippen LogP contribution in [0.4, 0.5) is 0 Å². The molecule has 0 aliphatic carbocycles. The quantitative estimate of drug-likeness (QED) is 0.263. The number of sulfonamides is 1. The van der Waals surface area contributed by atoms with Crippen molar-refractivity contribution >= 4 is 33.4 Å². The Morgan fingerprint density at radius 3 is 2.26 bits per heavy atom. The number of hydrogen-bond acceptors (Lipinski definition) is 6. The number of hydrogen-bond donors (Lipinski definition) is 2. The van der Waals surface area contributed by atoms with Gasteiger partial charge in [0.05, 0.1) is 15.9 Å². The zero-order valence-corrected chi connectivity index (χ0v) is 27.6. The fraction of sp³-hybridized carbons (Fsp3) is 0.417. The fourth-order valence-corrected chi connectivity index (χ4v) is 8.95. The molecule has 0 radical (unpaired) electrons. The molecule has 3 aromatic carbocycles. The number of primary sulfonamides is 1. The van der Waals surface area contributed by atoms with Gasteiger partial charge in [-0.25, -0.2) is 18.5 Å². The lowest BCUT2D eigenvalue weighted by molar-refractivity contribution is -0.122. The lowest BCUT2D eigenvalue weighted by Crippen LogP contribution is -2.49. The van der Waals surface area contributed by atoms with Crippen LogP contribution in [0, 0.1) is 6.92 Å². The van der Waals surface area contributed by atoms with Crippen molar-refractivity contribution in [1.29, 1.82) is 0 Å². The molecule has 3 saturated heterocycles. The number of carbonyl (C=O) groups excluding carboxylic acids is 1. The average molecular weight is 658 g/mol. The second kappa shape index (κ2) is 13.6. The summed E-state index contributed by atoms with van der Waals surface area (Å²) in [4.78, 5) is 31.3. The third kappa shape index (κ3) is 6.70. The summed E-state index contributed by atoms with van der Waals surface area (Å²) in [6.45, 7) is 4.22. The number of piperidine rings is 2. The van der Waals surface area contributed by atoms with Crippen LogP contribution in [0.25, 0.3) is 11.0 Å². The van der Waals surface area contributed by atoms with Crippen LogP contribution >= 0.6 is 0 Å². The van der Waals surface area contributed by atoms with E-state index < -0.39 is 10.0 Å². The summed E-state index contributed by atoms with van der Waals surface area (Å²) in [6, 6.07) is 27.1. The number of carboxylic acid groups (broad SMARTS) is 1. The van der Waals surface area contributed by atoms with Crippen molar-refractivity contribution in [3.05, 3.63) is 95.8 Å². The molecule has 3 aliphatic rings. The number of aromatic nitrogens is 2. The molecule has 0 spiro atoms. The number of amides is 1. The molecule has 3 fully saturated rings. The van der Waals surface area contributed by atoms with Crippen LogP contribution in [0.1, 0.15) is 72.7 Å². The van der Waals surface area contributed by atoms with Crippen molar-refractivity contribution in [3.8, 4) is 0 Å². The number of nitrogens with two attached hydrogens (primary N) is 1. The van der Waals surface area contributed by atoms with E-state index >= 15 is 0 Å². The number of fused-ring (bicyclic) bond motifs is 3. The number of benzene rings is 3. The highest BCUT2D eigenvalue weighted by molar-refractivity contribution is 7.89. The monoisotopic (exact) mass is 657 g/mol. The van der Waals surface area contributed by atoms with E-state index in [4.69, 9.17) is 20.0 Å². The van der Waals surface area contributed by atoms with Gasteiger partial charge in [-0.05, 0) is 99.7 Å². The third-order valence-corrected chi connectivity index (χ3v) is 11.6. The van der Waals surface area contributed by atoms with E-state index in [2.05, 4.69) is 71.0 Å². The molecule has 3 N–H and O–H groups in total. The molecule has 4 heterocycles. The maximum absolute atomic E-state index is 13.4. The van der Waals surface area contributed by atoms with Gasteiger partial charge < -0.3 is 14.6 Å². The van der Waals surface area contributed by atoms with Gasteiger partial charge in [0.15, 0.2) is 0 Å². The Labute approximate surface area is 276 Å². The highest BCUT2D eigenvalue weighted by Crippen LogP contribution is 2.45. The Bertz CT molecular complexity index is 1820. The van der Waals surface area contributed by atoms with Gasteiger partial charge in [0.1, 0.15) is 5.82 Å². The van der Waals surface area contributed by atoms with E-state index in [9.17, 15) is 13.2 Å². The first-order chi connectivity index (χ1) is 22.6. The number of para-hydroxylation sites is 2. The smallest absolute Gasteiger partial charge is 0.290 e. The van der Waals surface area contributed by atoms with Gasteiger partial charge in [-0.3, -0.25) is 14.5 Å². The molecule has 7 rings (SSSR count). The van der Waals surface area contributed by atoms with Gasteiger partial charge in [0.2, 0.25) is 10.0 Å². The van der Waals surface area contributed by atoms with Crippen LogP contribution in [0.3, 0.4) is 0 Å². The van der Waals surface area contributed by atoms with Crippen LogP contribution in [0.15, 0.2) is 83.8 Å². The van der Waals surface area contributed by atoms with Gasteiger partial charge in [0.25, 0.3) is 12.4 Å². The maximum Gasteiger partial charge on any atom is 0.290 e. The van der Waals surface area contributed by atoms with Crippen LogP contribution in [0.5, 0.6) is 0 Å². The minimum absolute atomic E-state index is 0.00604. The van der Waals surface area contributed by atoms with E-state index in [1.165, 1.54) is 36.1 Å². The Kier molecular flexibility index (Phi) is 9.50. The first-order valence-corrected chi connectivity index (χ1v) is 17.9. The predicted molar refractivity (Wildman–Crippen MR) is 181 cm³/mol. The topological polar surface area (TPSA) is 139 Å². The Morgan fingerprint density at radius 1 is 0.957 bits per heavy atom. The van der Waals surface area contributed by atoms with E-state index in [1.807, 2.05) is 4.90 Å². The summed E-state index contributed by atoms with van der Waals surface area (Å²) < 4.78 is 26.2. The first-order valence-electron chi connectivity index (χ1n) is 16.4. The molecule has 3 aliphatic heterocycles. The molecule has 1 amide bonds. The summed E-state index contributed by atoms with van der Waals surface area (Å²) >= 11 is 0. The van der Waals surface area contributed by atoms with Crippen molar-refractivity contribution in [2.24, 2.45) is 5.14 Å². The molecule has 1 unspecified atom stereocenters. The molecule has 47 heavy (non-hydrogen) atoms. The molecule has 11 heteroatoms. The zero-order valence-electron chi connectivity index (χ0n) is 26.7. The predicted octanol–water partition coefficient (Wildman–Crippen LogP) is 5.13. The van der Waals surface area contributed by atoms with Crippen molar-refractivity contribution in [1.82, 2.24) is 19.4 Å². The van der Waals surface area contributed by atoms with Gasteiger partial charge in [0, 0.05) is 36.8 Å². The zero-order chi connectivity index (χ0) is 33.2. The Balaban J connectivity index is 0.00000124. The average Bonchev–Trinajstić information content (AvgIpc) is 3.54. The molecule has 10 nitrogen and oxygen atoms in total. The molecule has 2 bridgehead atoms. The van der Waals surface area contributed by atoms with Crippen LogP contribution in [-0.4, -0.2) is 77.0 Å². The van der Waals surface area contributed by atoms with Gasteiger partial charge >= 0.3 is 0 Å².